The van der Waals surface area contributed by atoms with Crippen molar-refractivity contribution in [1.82, 2.24) is 4.90 Å². The first-order valence-electron chi connectivity index (χ1n) is 15.3. The second kappa shape index (κ2) is 11.6. The average molecular weight is 619 g/mol. The molecule has 3 heterocycles. The highest BCUT2D eigenvalue weighted by atomic mass is 35.5. The number of halogens is 1. The van der Waals surface area contributed by atoms with Gasteiger partial charge in [0.1, 0.15) is 0 Å². The topological polar surface area (TPSA) is 99.5 Å². The molecule has 3 aliphatic heterocycles. The Morgan fingerprint density at radius 3 is 2.20 bits per heavy atom. The van der Waals surface area contributed by atoms with Gasteiger partial charge in [0.05, 0.1) is 31.3 Å². The molecule has 3 aromatic carbocycles. The fourth-order valence-corrected chi connectivity index (χ4v) is 7.60. The SMILES string of the molecule is COc1cc2c(cc1OC(C)C)[C@H](c1ccc(Cl)cc1)N(c1ccc(C(C)(O)C3CC4CCC(C3)N4C(=O)O)cc1)C(=O)C2. The predicted molar refractivity (Wildman–Crippen MR) is 169 cm³/mol. The first-order chi connectivity index (χ1) is 21.0. The molecule has 6 rings (SSSR count). The number of benzene rings is 3. The molecule has 3 aliphatic rings. The number of hydrogen-bond donors (Lipinski definition) is 2. The second-order valence-corrected chi connectivity index (χ2v) is 13.1. The molecule has 0 saturated carbocycles. The Balaban J connectivity index is 1.36. The molecule has 2 N–H and O–H groups in total. The Bertz CT molecular complexity index is 1540. The molecule has 232 valence electrons. The summed E-state index contributed by atoms with van der Waals surface area (Å²) in [6.07, 6.45) is 2.19. The van der Waals surface area contributed by atoms with Crippen molar-refractivity contribution < 1.29 is 29.3 Å². The Labute approximate surface area is 263 Å². The molecule has 0 spiro atoms. The van der Waals surface area contributed by atoms with Gasteiger partial charge in [0.25, 0.3) is 0 Å². The van der Waals surface area contributed by atoms with Crippen molar-refractivity contribution in [2.75, 3.05) is 12.0 Å². The lowest BCUT2D eigenvalue weighted by atomic mass is 9.75. The van der Waals surface area contributed by atoms with Crippen LogP contribution in [0.5, 0.6) is 11.5 Å². The minimum absolute atomic E-state index is 0.0589. The zero-order valence-electron chi connectivity index (χ0n) is 25.5. The fraction of sp³-hybridized carbons (Fsp3) is 0.429. The highest BCUT2D eigenvalue weighted by molar-refractivity contribution is 6.30. The normalized spacial score (nSPS) is 24.2. The molecular weight excluding hydrogens is 580 g/mol. The lowest BCUT2D eigenvalue weighted by molar-refractivity contribution is -0.118. The molecule has 0 aromatic heterocycles. The summed E-state index contributed by atoms with van der Waals surface area (Å²) in [6.45, 7) is 5.75. The van der Waals surface area contributed by atoms with Crippen molar-refractivity contribution in [3.05, 3.63) is 87.9 Å². The van der Waals surface area contributed by atoms with Crippen LogP contribution < -0.4 is 14.4 Å². The summed E-state index contributed by atoms with van der Waals surface area (Å²) in [5, 5.41) is 22.1. The number of rotatable bonds is 7. The van der Waals surface area contributed by atoms with Gasteiger partial charge in [-0.1, -0.05) is 35.9 Å². The van der Waals surface area contributed by atoms with Gasteiger partial charge in [0, 0.05) is 22.8 Å². The minimum atomic E-state index is -1.14. The van der Waals surface area contributed by atoms with Crippen LogP contribution in [0.15, 0.2) is 60.7 Å². The van der Waals surface area contributed by atoms with Gasteiger partial charge in [-0.2, -0.15) is 0 Å². The number of carbonyl (C=O) groups is 2. The van der Waals surface area contributed by atoms with Gasteiger partial charge in [0.15, 0.2) is 11.5 Å². The first-order valence-corrected chi connectivity index (χ1v) is 15.6. The fourth-order valence-electron chi connectivity index (χ4n) is 7.47. The Hall–Kier alpha value is -3.75. The molecular formula is C35H39ClN2O6. The zero-order valence-corrected chi connectivity index (χ0v) is 26.3. The first kappa shape index (κ1) is 30.3. The van der Waals surface area contributed by atoms with E-state index in [1.54, 1.807) is 16.9 Å². The molecule has 0 aliphatic carbocycles. The molecule has 2 bridgehead atoms. The van der Waals surface area contributed by atoms with E-state index in [0.717, 1.165) is 35.1 Å². The number of ether oxygens (including phenoxy) is 2. The largest absolute Gasteiger partial charge is 0.493 e. The number of carboxylic acid groups (broad SMARTS) is 1. The van der Waals surface area contributed by atoms with Crippen molar-refractivity contribution in [2.24, 2.45) is 5.92 Å². The highest BCUT2D eigenvalue weighted by Crippen LogP contribution is 2.47. The number of carbonyl (C=O) groups excluding carboxylic acids is 1. The van der Waals surface area contributed by atoms with Crippen molar-refractivity contribution in [1.29, 1.82) is 0 Å². The Kier molecular flexibility index (Phi) is 8.01. The van der Waals surface area contributed by atoms with Crippen molar-refractivity contribution in [3.8, 4) is 11.5 Å². The van der Waals surface area contributed by atoms with E-state index in [2.05, 4.69) is 0 Å². The van der Waals surface area contributed by atoms with Gasteiger partial charge in [-0.05, 0) is 111 Å². The summed E-state index contributed by atoms with van der Waals surface area (Å²) in [5.74, 6) is 1.07. The van der Waals surface area contributed by atoms with E-state index in [9.17, 15) is 19.8 Å². The number of methoxy groups -OCH3 is 1. The molecule has 4 atom stereocenters. The minimum Gasteiger partial charge on any atom is -0.493 e. The average Bonchev–Trinajstić information content (AvgIpc) is 3.26. The van der Waals surface area contributed by atoms with Gasteiger partial charge < -0.3 is 29.5 Å². The van der Waals surface area contributed by atoms with Gasteiger partial charge in [-0.3, -0.25) is 4.79 Å². The molecule has 0 radical (unpaired) electrons. The van der Waals surface area contributed by atoms with E-state index in [1.807, 2.05) is 81.4 Å². The number of amides is 2. The zero-order chi connectivity index (χ0) is 31.3. The number of piperidine rings is 1. The maximum atomic E-state index is 13.9. The van der Waals surface area contributed by atoms with Crippen LogP contribution >= 0.6 is 11.6 Å². The summed E-state index contributed by atoms with van der Waals surface area (Å²) in [4.78, 5) is 29.1. The van der Waals surface area contributed by atoms with E-state index in [-0.39, 0.29) is 36.4 Å². The maximum absolute atomic E-state index is 13.9. The van der Waals surface area contributed by atoms with Crippen LogP contribution in [0.4, 0.5) is 10.5 Å². The van der Waals surface area contributed by atoms with Crippen LogP contribution in [-0.2, 0) is 16.8 Å². The van der Waals surface area contributed by atoms with Crippen LogP contribution in [-0.4, -0.2) is 52.4 Å². The standard InChI is InChI=1S/C35H39ClN2O6/c1-20(2)44-31-19-29-22(15-30(31)43-4)16-32(39)38(33(29)21-5-9-25(36)10-6-21)26-11-7-23(8-12-26)35(3,42)24-17-27-13-14-28(18-24)37(27)34(40)41/h5-12,15,19-20,24,27-28,33,42H,13-14,16-18H2,1-4H3,(H,40,41)/t24?,27?,28?,33-,35?/m0/s1. The van der Waals surface area contributed by atoms with Crippen molar-refractivity contribution in [2.45, 2.75) is 82.7 Å². The molecule has 44 heavy (non-hydrogen) atoms. The summed E-state index contributed by atoms with van der Waals surface area (Å²) in [6, 6.07) is 18.4. The van der Waals surface area contributed by atoms with Crippen LogP contribution in [0.1, 0.15) is 74.8 Å². The van der Waals surface area contributed by atoms with E-state index in [4.69, 9.17) is 21.1 Å². The van der Waals surface area contributed by atoms with Crippen molar-refractivity contribution >= 4 is 29.3 Å². The summed E-state index contributed by atoms with van der Waals surface area (Å²) in [7, 11) is 1.60. The summed E-state index contributed by atoms with van der Waals surface area (Å²) >= 11 is 6.25. The van der Waals surface area contributed by atoms with Crippen LogP contribution in [0.2, 0.25) is 5.02 Å². The third-order valence-electron chi connectivity index (χ3n) is 9.62. The smallest absolute Gasteiger partial charge is 0.407 e. The number of hydrogen-bond acceptors (Lipinski definition) is 5. The monoisotopic (exact) mass is 618 g/mol. The third-order valence-corrected chi connectivity index (χ3v) is 9.87. The quantitative estimate of drug-likeness (QED) is 0.297. The Morgan fingerprint density at radius 2 is 1.64 bits per heavy atom. The highest BCUT2D eigenvalue weighted by Gasteiger charge is 2.48. The third kappa shape index (κ3) is 5.39. The molecule has 2 amide bonds. The maximum Gasteiger partial charge on any atom is 0.407 e. The number of nitrogens with zero attached hydrogens (tertiary/aromatic N) is 2. The molecule has 9 heteroatoms. The lowest BCUT2D eigenvalue weighted by Gasteiger charge is -2.43. The predicted octanol–water partition coefficient (Wildman–Crippen LogP) is 6.94. The van der Waals surface area contributed by atoms with Crippen LogP contribution in [0.25, 0.3) is 0 Å². The van der Waals surface area contributed by atoms with E-state index in [0.29, 0.717) is 35.1 Å². The second-order valence-electron chi connectivity index (χ2n) is 12.7. The van der Waals surface area contributed by atoms with E-state index < -0.39 is 17.7 Å². The molecule has 2 fully saturated rings. The van der Waals surface area contributed by atoms with E-state index in [1.165, 1.54) is 0 Å². The van der Waals surface area contributed by atoms with Gasteiger partial charge in [0.2, 0.25) is 5.91 Å². The Morgan fingerprint density at radius 1 is 1.00 bits per heavy atom. The van der Waals surface area contributed by atoms with Gasteiger partial charge >= 0.3 is 6.09 Å². The van der Waals surface area contributed by atoms with Crippen LogP contribution in [0, 0.1) is 5.92 Å². The molecule has 2 saturated heterocycles. The lowest BCUT2D eigenvalue weighted by Crippen LogP contribution is -2.50. The van der Waals surface area contributed by atoms with Gasteiger partial charge in [-0.25, -0.2) is 4.79 Å². The molecule has 3 unspecified atom stereocenters. The number of aliphatic hydroxyl groups is 1. The molecule has 3 aromatic rings. The van der Waals surface area contributed by atoms with Crippen molar-refractivity contribution in [3.63, 3.8) is 0 Å². The summed E-state index contributed by atoms with van der Waals surface area (Å²) < 4.78 is 11.7. The van der Waals surface area contributed by atoms with Gasteiger partial charge in [-0.15, -0.1) is 0 Å². The molecule has 8 nitrogen and oxygen atoms in total. The van der Waals surface area contributed by atoms with E-state index >= 15 is 0 Å². The number of fused-ring (bicyclic) bond motifs is 3. The van der Waals surface area contributed by atoms with Crippen LogP contribution in [0.3, 0.4) is 0 Å². The summed E-state index contributed by atoms with van der Waals surface area (Å²) in [5.41, 5.74) is 3.04. The number of anilines is 1.